The van der Waals surface area contributed by atoms with Crippen molar-refractivity contribution >= 4 is 28.5 Å². The Kier molecular flexibility index (Phi) is 8.30. The molecule has 0 N–H and O–H groups in total. The molecule has 4 rings (SSSR count). The van der Waals surface area contributed by atoms with Crippen LogP contribution in [-0.2, 0) is 17.9 Å². The molecule has 0 fully saturated rings. The Labute approximate surface area is 224 Å². The molecule has 4 aromatic rings. The van der Waals surface area contributed by atoms with Crippen LogP contribution in [0.4, 0.5) is 5.69 Å². The van der Waals surface area contributed by atoms with Crippen LogP contribution in [0.3, 0.4) is 0 Å². The topological polar surface area (TPSA) is 114 Å². The second kappa shape index (κ2) is 12.0. The first kappa shape index (κ1) is 27.0. The monoisotopic (exact) mass is 525 g/mol. The first-order chi connectivity index (χ1) is 18.8. The normalized spacial score (nSPS) is 10.7. The molecule has 0 aliphatic heterocycles. The molecule has 0 spiro atoms. The molecule has 0 aliphatic rings. The number of amides is 2. The molecule has 0 aliphatic carbocycles. The van der Waals surface area contributed by atoms with Crippen molar-refractivity contribution in [3.05, 3.63) is 134 Å². The van der Waals surface area contributed by atoms with E-state index in [9.17, 15) is 24.5 Å². The third kappa shape index (κ3) is 6.45. The molecule has 3 aromatic carbocycles. The first-order valence-electron chi connectivity index (χ1n) is 12.2. The predicted octanol–water partition coefficient (Wildman–Crippen LogP) is 4.87. The van der Waals surface area contributed by atoms with Crippen molar-refractivity contribution < 1.29 is 18.9 Å². The zero-order valence-corrected chi connectivity index (χ0v) is 21.4. The van der Waals surface area contributed by atoms with Gasteiger partial charge in [-0.2, -0.15) is 0 Å². The van der Waals surface area contributed by atoms with Gasteiger partial charge in [-0.25, -0.2) is 0 Å². The van der Waals surface area contributed by atoms with Gasteiger partial charge in [-0.3, -0.25) is 24.5 Å². The number of nitro benzene ring substituents is 1. The lowest BCUT2D eigenvalue weighted by Gasteiger charge is -2.27. The Morgan fingerprint density at radius 2 is 1.72 bits per heavy atom. The Hall–Kier alpha value is -5.05. The van der Waals surface area contributed by atoms with Crippen LogP contribution in [0.25, 0.3) is 11.0 Å². The molecule has 0 atom stereocenters. The maximum atomic E-state index is 13.6. The van der Waals surface area contributed by atoms with Crippen LogP contribution < -0.4 is 5.43 Å². The maximum absolute atomic E-state index is 13.6. The fourth-order valence-electron chi connectivity index (χ4n) is 4.18. The van der Waals surface area contributed by atoms with E-state index >= 15 is 0 Å². The molecule has 9 nitrogen and oxygen atoms in total. The number of fused-ring (bicyclic) bond motifs is 1. The largest absolute Gasteiger partial charge is 0.464 e. The highest BCUT2D eigenvalue weighted by Crippen LogP contribution is 2.17. The van der Waals surface area contributed by atoms with Gasteiger partial charge in [0.2, 0.25) is 5.91 Å². The lowest BCUT2D eigenvalue weighted by atomic mass is 10.1. The van der Waals surface area contributed by atoms with Gasteiger partial charge >= 0.3 is 0 Å². The van der Waals surface area contributed by atoms with Crippen molar-refractivity contribution in [3.8, 4) is 0 Å². The van der Waals surface area contributed by atoms with Crippen LogP contribution in [0.1, 0.15) is 27.0 Å². The number of benzene rings is 3. The molecule has 2 amide bonds. The van der Waals surface area contributed by atoms with Gasteiger partial charge < -0.3 is 14.2 Å². The van der Waals surface area contributed by atoms with Crippen molar-refractivity contribution in [2.24, 2.45) is 0 Å². The number of nitrogens with zero attached hydrogens (tertiary/aromatic N) is 3. The standard InChI is InChI=1S/C30H27N3O6/c1-3-15-31(30(36)23-10-12-25(13-11-23)33(37)38)19-28(34)32(17-22-7-5-4-6-8-22)18-24-20-39-27-14-9-21(2)16-26(27)29(24)35/h3-14,16,20H,1,15,17-19H2,2H3. The fourth-order valence-corrected chi connectivity index (χ4v) is 4.18. The Morgan fingerprint density at radius 3 is 2.38 bits per heavy atom. The van der Waals surface area contributed by atoms with E-state index in [4.69, 9.17) is 4.42 Å². The molecule has 198 valence electrons. The minimum Gasteiger partial charge on any atom is -0.464 e. The maximum Gasteiger partial charge on any atom is 0.269 e. The molecule has 9 heteroatoms. The van der Waals surface area contributed by atoms with Crippen LogP contribution in [0.5, 0.6) is 0 Å². The van der Waals surface area contributed by atoms with Crippen LogP contribution in [0, 0.1) is 17.0 Å². The van der Waals surface area contributed by atoms with Crippen LogP contribution in [-0.4, -0.2) is 39.6 Å². The van der Waals surface area contributed by atoms with E-state index in [0.717, 1.165) is 11.1 Å². The molecule has 0 unspecified atom stereocenters. The Morgan fingerprint density at radius 1 is 1.00 bits per heavy atom. The molecule has 0 bridgehead atoms. The summed E-state index contributed by atoms with van der Waals surface area (Å²) < 4.78 is 5.69. The minimum absolute atomic E-state index is 0.0202. The Balaban J connectivity index is 1.62. The smallest absolute Gasteiger partial charge is 0.269 e. The summed E-state index contributed by atoms with van der Waals surface area (Å²) in [7, 11) is 0. The second-order valence-corrected chi connectivity index (χ2v) is 9.10. The highest BCUT2D eigenvalue weighted by atomic mass is 16.6. The van der Waals surface area contributed by atoms with Crippen molar-refractivity contribution in [3.63, 3.8) is 0 Å². The average Bonchev–Trinajstić information content (AvgIpc) is 2.94. The van der Waals surface area contributed by atoms with Crippen molar-refractivity contribution in [2.75, 3.05) is 13.1 Å². The summed E-state index contributed by atoms with van der Waals surface area (Å²) in [6.45, 7) is 5.55. The Bertz CT molecular complexity index is 1580. The van der Waals surface area contributed by atoms with E-state index < -0.39 is 10.8 Å². The number of nitro groups is 1. The number of hydrogen-bond donors (Lipinski definition) is 0. The SMILES string of the molecule is C=CCN(CC(=O)N(Cc1ccccc1)Cc1coc2ccc(C)cc2c1=O)C(=O)c1ccc([N+](=O)[O-])cc1. The summed E-state index contributed by atoms with van der Waals surface area (Å²) >= 11 is 0. The van der Waals surface area contributed by atoms with Crippen molar-refractivity contribution in [2.45, 2.75) is 20.0 Å². The lowest BCUT2D eigenvalue weighted by molar-refractivity contribution is -0.384. The van der Waals surface area contributed by atoms with E-state index in [1.165, 1.54) is 46.4 Å². The van der Waals surface area contributed by atoms with E-state index in [1.54, 1.807) is 12.1 Å². The van der Waals surface area contributed by atoms with Crippen molar-refractivity contribution in [1.29, 1.82) is 0 Å². The fraction of sp³-hybridized carbons (Fsp3) is 0.167. The molecule has 1 aromatic heterocycles. The molecule has 0 saturated heterocycles. The molecule has 0 radical (unpaired) electrons. The minimum atomic E-state index is -0.550. The van der Waals surface area contributed by atoms with Crippen LogP contribution >= 0.6 is 0 Å². The van der Waals surface area contributed by atoms with Crippen LogP contribution in [0.2, 0.25) is 0 Å². The third-order valence-electron chi connectivity index (χ3n) is 6.22. The number of carbonyl (C=O) groups is 2. The second-order valence-electron chi connectivity index (χ2n) is 9.10. The van der Waals surface area contributed by atoms with E-state index in [1.807, 2.05) is 43.3 Å². The molecule has 0 saturated carbocycles. The highest BCUT2D eigenvalue weighted by molar-refractivity contribution is 5.96. The van der Waals surface area contributed by atoms with Gasteiger partial charge in [0.15, 0.2) is 5.43 Å². The quantitative estimate of drug-likeness (QED) is 0.166. The van der Waals surface area contributed by atoms with Gasteiger partial charge in [-0.1, -0.05) is 48.0 Å². The van der Waals surface area contributed by atoms with Gasteiger partial charge in [-0.15, -0.1) is 6.58 Å². The van der Waals surface area contributed by atoms with Gasteiger partial charge in [0.05, 0.1) is 28.7 Å². The summed E-state index contributed by atoms with van der Waals surface area (Å²) in [5, 5.41) is 11.4. The number of rotatable bonds is 10. The lowest BCUT2D eigenvalue weighted by Crippen LogP contribution is -2.43. The third-order valence-corrected chi connectivity index (χ3v) is 6.22. The summed E-state index contributed by atoms with van der Waals surface area (Å²) in [5.41, 5.74) is 2.37. The van der Waals surface area contributed by atoms with E-state index in [0.29, 0.717) is 16.5 Å². The highest BCUT2D eigenvalue weighted by Gasteiger charge is 2.24. The van der Waals surface area contributed by atoms with Crippen LogP contribution in [0.15, 0.2) is 101 Å². The number of non-ortho nitro benzene ring substituents is 1. The number of carbonyl (C=O) groups excluding carboxylic acids is 2. The molecule has 39 heavy (non-hydrogen) atoms. The van der Waals surface area contributed by atoms with Crippen molar-refractivity contribution in [1.82, 2.24) is 9.80 Å². The summed E-state index contributed by atoms with van der Waals surface area (Å²) in [5.74, 6) is -0.863. The average molecular weight is 526 g/mol. The summed E-state index contributed by atoms with van der Waals surface area (Å²) in [6.07, 6.45) is 2.87. The van der Waals surface area contributed by atoms with E-state index in [2.05, 4.69) is 6.58 Å². The molecular formula is C30H27N3O6. The van der Waals surface area contributed by atoms with Gasteiger partial charge in [0, 0.05) is 30.8 Å². The first-order valence-corrected chi connectivity index (χ1v) is 12.2. The van der Waals surface area contributed by atoms with Gasteiger partial charge in [-0.05, 0) is 36.8 Å². The molecule has 1 heterocycles. The van der Waals surface area contributed by atoms with E-state index in [-0.39, 0.29) is 48.8 Å². The summed E-state index contributed by atoms with van der Waals surface area (Å²) in [4.78, 5) is 53.3. The van der Waals surface area contributed by atoms with Gasteiger partial charge in [0.25, 0.3) is 11.6 Å². The zero-order valence-electron chi connectivity index (χ0n) is 21.4. The summed E-state index contributed by atoms with van der Waals surface area (Å²) in [6, 6.07) is 19.8. The molecular weight excluding hydrogens is 498 g/mol. The van der Waals surface area contributed by atoms with Gasteiger partial charge in [0.1, 0.15) is 12.1 Å². The zero-order chi connectivity index (χ0) is 27.9. The predicted molar refractivity (Wildman–Crippen MR) is 147 cm³/mol. The number of hydrogen-bond acceptors (Lipinski definition) is 6. The number of aryl methyl sites for hydroxylation is 1.